The van der Waals surface area contributed by atoms with Gasteiger partial charge in [0, 0.05) is 54.0 Å². The van der Waals surface area contributed by atoms with E-state index in [2.05, 4.69) is 91.5 Å². The van der Waals surface area contributed by atoms with Crippen molar-refractivity contribution in [2.75, 3.05) is 4.90 Å². The Kier molecular flexibility index (Phi) is 5.48. The summed E-state index contributed by atoms with van der Waals surface area (Å²) >= 11 is 3.01. The van der Waals surface area contributed by atoms with E-state index in [0.29, 0.717) is 11.1 Å². The Morgan fingerprint density at radius 2 is 1.45 bits per heavy atom. The second kappa shape index (κ2) is 9.18. The molecule has 0 N–H and O–H groups in total. The molecule has 2 aliphatic rings. The van der Waals surface area contributed by atoms with Crippen LogP contribution in [0.4, 0.5) is 17.2 Å². The van der Waals surface area contributed by atoms with E-state index in [-0.39, 0.29) is 22.6 Å². The molecule has 0 aliphatic heterocycles. The van der Waals surface area contributed by atoms with Gasteiger partial charge in [-0.2, -0.15) is 11.3 Å². The number of nitrogens with zero attached hydrogens (tertiary/aromatic N) is 2. The topological polar surface area (TPSA) is 50.3 Å². The minimum atomic E-state index is -0.346. The van der Waals surface area contributed by atoms with Crippen LogP contribution in [0.2, 0.25) is 0 Å². The second-order valence-electron chi connectivity index (χ2n) is 11.2. The highest BCUT2D eigenvalue weighted by atomic mass is 32.1. The van der Waals surface area contributed by atoms with Gasteiger partial charge in [0.15, 0.2) is 11.6 Å². The normalized spacial score (nSPS) is 14.7. The summed E-state index contributed by atoms with van der Waals surface area (Å²) in [7, 11) is 0. The number of benzene rings is 3. The molecule has 0 spiro atoms. The number of para-hydroxylation sites is 1. The lowest BCUT2D eigenvalue weighted by atomic mass is 9.86. The maximum absolute atomic E-state index is 12.9. The van der Waals surface area contributed by atoms with Gasteiger partial charge in [-0.05, 0) is 64.9 Å². The maximum atomic E-state index is 12.9. The summed E-state index contributed by atoms with van der Waals surface area (Å²) < 4.78 is 0. The Hall–Kier alpha value is -4.65. The molecule has 0 radical (unpaired) electrons. The number of hydrogen-bond acceptors (Lipinski definition) is 6. The number of anilines is 3. The first kappa shape index (κ1) is 25.1. The van der Waals surface area contributed by atoms with Crippen molar-refractivity contribution in [3.63, 3.8) is 0 Å². The van der Waals surface area contributed by atoms with E-state index < -0.39 is 0 Å². The Morgan fingerprint density at radius 1 is 0.738 bits per heavy atom. The summed E-state index contributed by atoms with van der Waals surface area (Å²) in [5, 5.41) is 5.91. The minimum Gasteiger partial charge on any atom is -0.295 e. The molecule has 0 atom stereocenters. The molecule has 4 nitrogen and oxygen atoms in total. The highest BCUT2D eigenvalue weighted by Crippen LogP contribution is 2.53. The van der Waals surface area contributed by atoms with Gasteiger partial charge in [-0.15, -0.1) is 11.3 Å². The van der Waals surface area contributed by atoms with Gasteiger partial charge in [0.25, 0.3) is 0 Å². The monoisotopic (exact) mass is 580 g/mol. The Balaban J connectivity index is 1.22. The Bertz CT molecular complexity index is 2080. The van der Waals surface area contributed by atoms with Crippen LogP contribution in [0.25, 0.3) is 27.3 Å². The van der Waals surface area contributed by atoms with Gasteiger partial charge >= 0.3 is 0 Å². The number of carbonyl (C=O) groups excluding carboxylic acids is 2. The van der Waals surface area contributed by atoms with Crippen LogP contribution in [-0.4, -0.2) is 16.6 Å². The van der Waals surface area contributed by atoms with Crippen molar-refractivity contribution in [2.24, 2.45) is 0 Å². The van der Waals surface area contributed by atoms with Gasteiger partial charge in [0.1, 0.15) is 5.82 Å². The van der Waals surface area contributed by atoms with Gasteiger partial charge in [0.05, 0.1) is 11.3 Å². The Morgan fingerprint density at radius 3 is 2.21 bits per heavy atom. The van der Waals surface area contributed by atoms with Gasteiger partial charge in [-0.3, -0.25) is 14.5 Å². The molecule has 8 rings (SSSR count). The second-order valence-corrected chi connectivity index (χ2v) is 13.0. The molecule has 0 bridgehead atoms. The van der Waals surface area contributed by atoms with Crippen molar-refractivity contribution in [2.45, 2.75) is 19.3 Å². The number of thiophene rings is 2. The number of ketones is 2. The van der Waals surface area contributed by atoms with E-state index in [1.807, 2.05) is 18.2 Å². The van der Waals surface area contributed by atoms with Crippen LogP contribution >= 0.6 is 22.7 Å². The number of fused-ring (bicyclic) bond motifs is 5. The minimum absolute atomic E-state index is 0.175. The molecule has 3 aromatic heterocycles. The van der Waals surface area contributed by atoms with Gasteiger partial charge < -0.3 is 0 Å². The first-order valence-electron chi connectivity index (χ1n) is 13.8. The largest absolute Gasteiger partial charge is 0.295 e. The zero-order chi connectivity index (χ0) is 28.6. The van der Waals surface area contributed by atoms with Crippen molar-refractivity contribution in [3.05, 3.63) is 135 Å². The summed E-state index contributed by atoms with van der Waals surface area (Å²) in [6.07, 6.45) is 1.77. The number of pyridine rings is 1. The number of Topliss-reactive ketones (excluding diaryl/α,β-unsaturated/α-hetero) is 2. The predicted molar refractivity (Wildman–Crippen MR) is 173 cm³/mol. The summed E-state index contributed by atoms with van der Waals surface area (Å²) in [6, 6.07) is 31.6. The fourth-order valence-electron chi connectivity index (χ4n) is 6.13. The molecule has 6 aromatic rings. The molecule has 3 aromatic carbocycles. The Labute approximate surface area is 251 Å². The molecule has 0 saturated heterocycles. The summed E-state index contributed by atoms with van der Waals surface area (Å²) in [4.78, 5) is 35.4. The van der Waals surface area contributed by atoms with Crippen LogP contribution in [0.15, 0.2) is 107 Å². The summed E-state index contributed by atoms with van der Waals surface area (Å²) in [6.45, 7) is 4.40. The van der Waals surface area contributed by atoms with Crippen LogP contribution in [0.5, 0.6) is 0 Å². The van der Waals surface area contributed by atoms with Crippen molar-refractivity contribution >= 4 is 68.3 Å². The van der Waals surface area contributed by atoms with Gasteiger partial charge in [0.2, 0.25) is 0 Å². The average molecular weight is 581 g/mol. The van der Waals surface area contributed by atoms with E-state index in [4.69, 9.17) is 4.98 Å². The fourth-order valence-corrected chi connectivity index (χ4v) is 8.22. The molecule has 6 heteroatoms. The van der Waals surface area contributed by atoms with Crippen molar-refractivity contribution in [1.82, 2.24) is 4.98 Å². The van der Waals surface area contributed by atoms with E-state index in [1.165, 1.54) is 27.7 Å². The highest BCUT2D eigenvalue weighted by molar-refractivity contribution is 7.16. The first-order chi connectivity index (χ1) is 20.4. The van der Waals surface area contributed by atoms with E-state index >= 15 is 0 Å². The number of hydrogen-bond donors (Lipinski definition) is 0. The molecule has 0 fully saturated rings. The lowest BCUT2D eigenvalue weighted by molar-refractivity contribution is 0.0990. The van der Waals surface area contributed by atoms with Crippen molar-refractivity contribution in [3.8, 4) is 10.4 Å². The smallest absolute Gasteiger partial charge is 0.198 e. The van der Waals surface area contributed by atoms with Crippen LogP contribution in [0.1, 0.15) is 50.7 Å². The van der Waals surface area contributed by atoms with Crippen molar-refractivity contribution in [1.29, 1.82) is 0 Å². The average Bonchev–Trinajstić information content (AvgIpc) is 3.76. The molecule has 202 valence electrons. The fraction of sp³-hybridized carbons (Fsp3) is 0.0833. The molecule has 42 heavy (non-hydrogen) atoms. The van der Waals surface area contributed by atoms with E-state index in [0.717, 1.165) is 38.2 Å². The zero-order valence-corrected chi connectivity index (χ0v) is 24.6. The third-order valence-corrected chi connectivity index (χ3v) is 10.2. The maximum Gasteiger partial charge on any atom is 0.198 e. The van der Waals surface area contributed by atoms with Crippen LogP contribution in [-0.2, 0) is 5.41 Å². The van der Waals surface area contributed by atoms with Crippen LogP contribution in [0, 0.1) is 0 Å². The number of carbonyl (C=O) groups is 2. The number of rotatable bonds is 4. The third-order valence-electron chi connectivity index (χ3n) is 8.30. The molecule has 3 heterocycles. The highest BCUT2D eigenvalue weighted by Gasteiger charge is 2.40. The molecular formula is C36H24N2O2S2. The summed E-state index contributed by atoms with van der Waals surface area (Å²) in [5.74, 6) is 0.504. The lowest BCUT2D eigenvalue weighted by Crippen LogP contribution is -2.19. The lowest BCUT2D eigenvalue weighted by Gasteiger charge is -2.27. The first-order valence-corrected chi connectivity index (χ1v) is 15.5. The van der Waals surface area contributed by atoms with E-state index in [1.54, 1.807) is 28.2 Å². The van der Waals surface area contributed by atoms with Gasteiger partial charge in [-0.25, -0.2) is 4.98 Å². The molecule has 0 saturated carbocycles. The number of allylic oxidation sites excluding steroid dienone is 1. The molecular weight excluding hydrogens is 557 g/mol. The van der Waals surface area contributed by atoms with E-state index in [9.17, 15) is 9.59 Å². The van der Waals surface area contributed by atoms with Crippen LogP contribution < -0.4 is 4.90 Å². The third kappa shape index (κ3) is 3.69. The molecule has 0 unspecified atom stereocenters. The SMILES string of the molecule is CC1(C)c2cc(C=C3C(=O)c4cscc4C3=O)sc2-c2ccc(N(c3ccccc3)c3ccc4ccccc4c3)nc21. The quantitative estimate of drug-likeness (QED) is 0.154. The summed E-state index contributed by atoms with van der Waals surface area (Å²) in [5.41, 5.74) is 6.34. The van der Waals surface area contributed by atoms with Crippen molar-refractivity contribution < 1.29 is 9.59 Å². The molecule has 0 amide bonds. The molecule has 2 aliphatic carbocycles. The standard InChI is InChI=1S/C36H24N2O2S2/c1-36(2)30-18-25(17-27-32(39)28-19-41-20-29(28)33(27)40)42-34(30)26-14-15-31(37-35(26)36)38(23-10-4-3-5-11-23)24-13-12-21-8-6-7-9-22(21)16-24/h3-20H,1-2H3. The zero-order valence-electron chi connectivity index (χ0n) is 22.9. The predicted octanol–water partition coefficient (Wildman–Crippen LogP) is 9.60. The number of aromatic nitrogens is 1. The van der Waals surface area contributed by atoms with Gasteiger partial charge in [-0.1, -0.05) is 62.4 Å². The van der Waals surface area contributed by atoms with Crippen LogP contribution in [0.3, 0.4) is 0 Å².